The number of esters is 1. The Hall–Kier alpha value is -2.45. The number of hydrogen-bond donors (Lipinski definition) is 2. The fourth-order valence-corrected chi connectivity index (χ4v) is 3.72. The molecule has 0 bridgehead atoms. The zero-order chi connectivity index (χ0) is 23.0. The minimum Gasteiger partial charge on any atom is -0.467 e. The molecule has 0 aromatic heterocycles. The molecule has 2 amide bonds. The summed E-state index contributed by atoms with van der Waals surface area (Å²) in [5.41, 5.74) is 2.97. The molecule has 1 aliphatic rings. The van der Waals surface area contributed by atoms with Gasteiger partial charge in [0.15, 0.2) is 0 Å². The predicted molar refractivity (Wildman–Crippen MR) is 121 cm³/mol. The molecule has 1 aromatic carbocycles. The average molecular weight is 433 g/mol. The van der Waals surface area contributed by atoms with Gasteiger partial charge < -0.3 is 15.4 Å². The van der Waals surface area contributed by atoms with Crippen LogP contribution in [0.5, 0.6) is 0 Å². The van der Waals surface area contributed by atoms with Gasteiger partial charge in [-0.05, 0) is 30.9 Å². The second-order valence-electron chi connectivity index (χ2n) is 8.32. The number of para-hydroxylation sites is 1. The Labute approximate surface area is 185 Å². The molecule has 1 fully saturated rings. The van der Waals surface area contributed by atoms with Gasteiger partial charge in [-0.1, -0.05) is 38.5 Å². The lowest BCUT2D eigenvalue weighted by Crippen LogP contribution is -2.53. The maximum absolute atomic E-state index is 12.5. The Bertz CT molecular complexity index is 755. The number of rotatable bonds is 9. The molecule has 2 atom stereocenters. The lowest BCUT2D eigenvalue weighted by atomic mass is 9.99. The largest absolute Gasteiger partial charge is 0.467 e. The van der Waals surface area contributed by atoms with Crippen molar-refractivity contribution < 1.29 is 19.1 Å². The van der Waals surface area contributed by atoms with Crippen molar-refractivity contribution in [1.29, 1.82) is 0 Å². The van der Waals surface area contributed by atoms with Gasteiger partial charge in [0.05, 0.1) is 20.2 Å². The highest BCUT2D eigenvalue weighted by molar-refractivity contribution is 5.93. The third-order valence-corrected chi connectivity index (χ3v) is 5.93. The predicted octanol–water partition coefficient (Wildman–Crippen LogP) is 1.56. The van der Waals surface area contributed by atoms with Crippen LogP contribution in [-0.2, 0) is 19.1 Å². The molecule has 8 heteroatoms. The van der Waals surface area contributed by atoms with E-state index in [1.807, 2.05) is 50.8 Å². The summed E-state index contributed by atoms with van der Waals surface area (Å²) in [5, 5.41) is 5.83. The Morgan fingerprint density at radius 2 is 1.52 bits per heavy atom. The highest BCUT2D eigenvalue weighted by Gasteiger charge is 2.28. The van der Waals surface area contributed by atoms with Gasteiger partial charge in [-0.15, -0.1) is 0 Å². The van der Waals surface area contributed by atoms with Crippen molar-refractivity contribution in [1.82, 2.24) is 15.1 Å². The maximum Gasteiger partial charge on any atom is 0.328 e. The van der Waals surface area contributed by atoms with Crippen LogP contribution in [0.1, 0.15) is 31.4 Å². The van der Waals surface area contributed by atoms with Gasteiger partial charge >= 0.3 is 5.97 Å². The summed E-state index contributed by atoms with van der Waals surface area (Å²) < 4.78 is 4.82. The monoisotopic (exact) mass is 432 g/mol. The van der Waals surface area contributed by atoms with E-state index in [2.05, 4.69) is 15.5 Å². The molecule has 1 heterocycles. The van der Waals surface area contributed by atoms with Crippen LogP contribution in [0.3, 0.4) is 0 Å². The van der Waals surface area contributed by atoms with Crippen molar-refractivity contribution in [3.05, 3.63) is 29.3 Å². The van der Waals surface area contributed by atoms with Gasteiger partial charge in [0.1, 0.15) is 6.04 Å². The second-order valence-corrected chi connectivity index (χ2v) is 8.32. The number of anilines is 1. The topological polar surface area (TPSA) is 91.0 Å². The molecule has 0 radical (unpaired) electrons. The van der Waals surface area contributed by atoms with Crippen molar-refractivity contribution in [2.45, 2.75) is 40.2 Å². The molecule has 0 aliphatic carbocycles. The van der Waals surface area contributed by atoms with Crippen LogP contribution in [0.2, 0.25) is 0 Å². The highest BCUT2D eigenvalue weighted by atomic mass is 16.5. The number of amides is 2. The fourth-order valence-electron chi connectivity index (χ4n) is 3.72. The molecule has 1 aliphatic heterocycles. The minimum atomic E-state index is -0.627. The summed E-state index contributed by atoms with van der Waals surface area (Å²) in [7, 11) is 1.33. The van der Waals surface area contributed by atoms with Crippen LogP contribution in [0.15, 0.2) is 18.2 Å². The Kier molecular flexibility index (Phi) is 9.45. The van der Waals surface area contributed by atoms with Crippen molar-refractivity contribution in [2.75, 3.05) is 51.7 Å². The standard InChI is InChI=1S/C23H36N4O4/c1-6-16(2)22(23(30)31-5)25-20(29)15-27-12-10-26(11-13-27)14-19(28)24-21-17(3)8-7-9-18(21)4/h7-9,16,22H,6,10-15H2,1-5H3,(H,24,28)(H,25,29)/t16-,22-/m0/s1. The molecular formula is C23H36N4O4. The van der Waals surface area contributed by atoms with E-state index in [0.29, 0.717) is 32.7 Å². The smallest absolute Gasteiger partial charge is 0.328 e. The molecule has 0 unspecified atom stereocenters. The third-order valence-electron chi connectivity index (χ3n) is 5.93. The normalized spacial score (nSPS) is 16.9. The van der Waals surface area contributed by atoms with E-state index in [-0.39, 0.29) is 24.3 Å². The summed E-state index contributed by atoms with van der Waals surface area (Å²) in [6.45, 7) is 11.2. The first-order chi connectivity index (χ1) is 14.7. The minimum absolute atomic E-state index is 0.00338. The van der Waals surface area contributed by atoms with Gasteiger partial charge in [0.25, 0.3) is 0 Å². The van der Waals surface area contributed by atoms with Crippen molar-refractivity contribution in [3.8, 4) is 0 Å². The number of benzene rings is 1. The van der Waals surface area contributed by atoms with Crippen LogP contribution >= 0.6 is 0 Å². The summed E-state index contributed by atoms with van der Waals surface area (Å²) in [6.07, 6.45) is 0.767. The van der Waals surface area contributed by atoms with Crippen molar-refractivity contribution in [2.24, 2.45) is 5.92 Å². The zero-order valence-electron chi connectivity index (χ0n) is 19.4. The molecule has 31 heavy (non-hydrogen) atoms. The number of nitrogens with one attached hydrogen (secondary N) is 2. The van der Waals surface area contributed by atoms with Crippen LogP contribution in [-0.4, -0.2) is 80.0 Å². The zero-order valence-corrected chi connectivity index (χ0v) is 19.4. The number of aryl methyl sites for hydroxylation is 2. The van der Waals surface area contributed by atoms with E-state index in [0.717, 1.165) is 23.2 Å². The molecule has 172 valence electrons. The molecule has 0 spiro atoms. The molecule has 1 aromatic rings. The number of piperazine rings is 1. The van der Waals surface area contributed by atoms with E-state index in [1.54, 1.807) is 0 Å². The number of hydrogen-bond acceptors (Lipinski definition) is 6. The van der Waals surface area contributed by atoms with Gasteiger partial charge in [-0.25, -0.2) is 4.79 Å². The summed E-state index contributed by atoms with van der Waals surface area (Å²) in [6, 6.07) is 5.32. The van der Waals surface area contributed by atoms with E-state index >= 15 is 0 Å². The quantitative estimate of drug-likeness (QED) is 0.576. The Morgan fingerprint density at radius 1 is 1.00 bits per heavy atom. The van der Waals surface area contributed by atoms with Gasteiger partial charge in [-0.2, -0.15) is 0 Å². The Morgan fingerprint density at radius 3 is 2.00 bits per heavy atom. The number of nitrogens with zero attached hydrogens (tertiary/aromatic N) is 2. The van der Waals surface area contributed by atoms with Gasteiger partial charge in [0, 0.05) is 31.9 Å². The fraction of sp³-hybridized carbons (Fsp3) is 0.609. The van der Waals surface area contributed by atoms with Crippen LogP contribution < -0.4 is 10.6 Å². The number of carbonyl (C=O) groups is 3. The number of methoxy groups -OCH3 is 1. The molecule has 2 N–H and O–H groups in total. The van der Waals surface area contributed by atoms with Crippen LogP contribution in [0, 0.1) is 19.8 Å². The maximum atomic E-state index is 12.5. The molecular weight excluding hydrogens is 396 g/mol. The van der Waals surface area contributed by atoms with E-state index in [1.165, 1.54) is 7.11 Å². The van der Waals surface area contributed by atoms with E-state index in [9.17, 15) is 14.4 Å². The first kappa shape index (κ1) is 24.8. The highest BCUT2D eigenvalue weighted by Crippen LogP contribution is 2.19. The Balaban J connectivity index is 1.78. The van der Waals surface area contributed by atoms with Gasteiger partial charge in [0.2, 0.25) is 11.8 Å². The molecule has 0 saturated carbocycles. The first-order valence-electron chi connectivity index (χ1n) is 10.9. The van der Waals surface area contributed by atoms with Crippen LogP contribution in [0.25, 0.3) is 0 Å². The van der Waals surface area contributed by atoms with E-state index in [4.69, 9.17) is 4.74 Å². The molecule has 1 saturated heterocycles. The van der Waals surface area contributed by atoms with Crippen molar-refractivity contribution >= 4 is 23.5 Å². The summed E-state index contributed by atoms with van der Waals surface area (Å²) in [5.74, 6) is -0.624. The summed E-state index contributed by atoms with van der Waals surface area (Å²) >= 11 is 0. The SMILES string of the molecule is CC[C@H](C)[C@H](NC(=O)CN1CCN(CC(=O)Nc2c(C)cccc2C)CC1)C(=O)OC. The number of carbonyl (C=O) groups excluding carboxylic acids is 3. The second kappa shape index (κ2) is 11.8. The lowest BCUT2D eigenvalue weighted by Gasteiger charge is -2.34. The third kappa shape index (κ3) is 7.33. The molecule has 8 nitrogen and oxygen atoms in total. The lowest BCUT2D eigenvalue weighted by molar-refractivity contribution is -0.146. The van der Waals surface area contributed by atoms with E-state index < -0.39 is 12.0 Å². The first-order valence-corrected chi connectivity index (χ1v) is 10.9. The number of ether oxygens (including phenoxy) is 1. The summed E-state index contributed by atoms with van der Waals surface area (Å²) in [4.78, 5) is 41.0. The molecule has 2 rings (SSSR count). The average Bonchev–Trinajstić information content (AvgIpc) is 2.75. The van der Waals surface area contributed by atoms with Crippen LogP contribution in [0.4, 0.5) is 5.69 Å². The van der Waals surface area contributed by atoms with Crippen molar-refractivity contribution in [3.63, 3.8) is 0 Å². The van der Waals surface area contributed by atoms with Gasteiger partial charge in [-0.3, -0.25) is 19.4 Å².